The summed E-state index contributed by atoms with van der Waals surface area (Å²) in [4.78, 5) is 11.9. The first-order chi connectivity index (χ1) is 12.2. The summed E-state index contributed by atoms with van der Waals surface area (Å²) in [5, 5.41) is 9.58. The fraction of sp³-hybridized carbons (Fsp3) is 0.381. The summed E-state index contributed by atoms with van der Waals surface area (Å²) in [7, 11) is 0. The molecule has 1 amide bonds. The molecule has 2 aromatic rings. The van der Waals surface area contributed by atoms with Crippen LogP contribution in [0.15, 0.2) is 54.6 Å². The van der Waals surface area contributed by atoms with E-state index in [0.717, 1.165) is 25.7 Å². The minimum absolute atomic E-state index is 0.0882. The Kier molecular flexibility index (Phi) is 6.16. The highest BCUT2D eigenvalue weighted by atomic mass is 32.2. The molecule has 2 N–H and O–H groups in total. The van der Waals surface area contributed by atoms with Gasteiger partial charge >= 0.3 is 0 Å². The SMILES string of the molecule is CC(S[C@H]1CCCC[C@@H]1C(=O)NO)c1ccc(-c2ccccc2)cc1. The molecule has 1 saturated carbocycles. The van der Waals surface area contributed by atoms with E-state index in [1.54, 1.807) is 0 Å². The van der Waals surface area contributed by atoms with Crippen LogP contribution in [-0.4, -0.2) is 16.4 Å². The summed E-state index contributed by atoms with van der Waals surface area (Å²) in [6.07, 6.45) is 4.13. The van der Waals surface area contributed by atoms with Crippen LogP contribution in [-0.2, 0) is 4.79 Å². The van der Waals surface area contributed by atoms with Gasteiger partial charge in [-0.15, -0.1) is 11.8 Å². The third-order valence-electron chi connectivity index (χ3n) is 5.02. The Morgan fingerprint density at radius 2 is 1.68 bits per heavy atom. The number of amides is 1. The molecule has 0 saturated heterocycles. The topological polar surface area (TPSA) is 49.3 Å². The van der Waals surface area contributed by atoms with E-state index in [2.05, 4.69) is 55.5 Å². The lowest BCUT2D eigenvalue weighted by Gasteiger charge is -2.31. The summed E-state index contributed by atoms with van der Waals surface area (Å²) >= 11 is 1.86. The maximum atomic E-state index is 11.9. The van der Waals surface area contributed by atoms with E-state index < -0.39 is 0 Å². The molecule has 25 heavy (non-hydrogen) atoms. The zero-order chi connectivity index (χ0) is 17.6. The molecule has 0 aliphatic heterocycles. The fourth-order valence-electron chi connectivity index (χ4n) is 3.56. The molecule has 3 atom stereocenters. The molecule has 4 heteroatoms. The van der Waals surface area contributed by atoms with E-state index in [-0.39, 0.29) is 17.1 Å². The van der Waals surface area contributed by atoms with Crippen molar-refractivity contribution in [3.05, 3.63) is 60.2 Å². The molecule has 1 unspecified atom stereocenters. The highest BCUT2D eigenvalue weighted by molar-refractivity contribution is 8.00. The first-order valence-corrected chi connectivity index (χ1v) is 9.88. The Balaban J connectivity index is 1.68. The zero-order valence-corrected chi connectivity index (χ0v) is 15.3. The fourth-order valence-corrected chi connectivity index (χ4v) is 5.15. The molecule has 0 spiro atoms. The Morgan fingerprint density at radius 3 is 2.36 bits per heavy atom. The van der Waals surface area contributed by atoms with E-state index in [1.165, 1.54) is 16.7 Å². The van der Waals surface area contributed by atoms with Crippen molar-refractivity contribution in [3.63, 3.8) is 0 Å². The molecule has 2 aromatic carbocycles. The molecule has 1 fully saturated rings. The van der Waals surface area contributed by atoms with E-state index in [9.17, 15) is 4.79 Å². The van der Waals surface area contributed by atoms with Crippen molar-refractivity contribution < 1.29 is 10.0 Å². The van der Waals surface area contributed by atoms with Crippen LogP contribution in [0.5, 0.6) is 0 Å². The molecule has 0 heterocycles. The smallest absolute Gasteiger partial charge is 0.247 e. The normalized spacial score (nSPS) is 21.5. The van der Waals surface area contributed by atoms with Gasteiger partial charge in [-0.1, -0.05) is 67.4 Å². The molecule has 1 aliphatic carbocycles. The monoisotopic (exact) mass is 355 g/mol. The van der Waals surface area contributed by atoms with E-state index in [0.29, 0.717) is 5.25 Å². The van der Waals surface area contributed by atoms with Gasteiger partial charge in [-0.05, 0) is 36.5 Å². The maximum absolute atomic E-state index is 11.9. The number of carbonyl (C=O) groups excluding carboxylic acids is 1. The molecule has 132 valence electrons. The predicted octanol–water partition coefficient (Wildman–Crippen LogP) is 5.21. The molecule has 3 nitrogen and oxygen atoms in total. The third-order valence-corrected chi connectivity index (χ3v) is 6.61. The summed E-state index contributed by atoms with van der Waals surface area (Å²) < 4.78 is 0. The highest BCUT2D eigenvalue weighted by Gasteiger charge is 2.32. The first kappa shape index (κ1) is 18.0. The van der Waals surface area contributed by atoms with Crippen molar-refractivity contribution in [1.82, 2.24) is 5.48 Å². The minimum atomic E-state index is -0.233. The number of rotatable bonds is 5. The first-order valence-electron chi connectivity index (χ1n) is 8.94. The van der Waals surface area contributed by atoms with Gasteiger partial charge in [0.15, 0.2) is 0 Å². The lowest BCUT2D eigenvalue weighted by molar-refractivity contribution is -0.134. The van der Waals surface area contributed by atoms with Crippen LogP contribution in [0.2, 0.25) is 0 Å². The number of hydrogen-bond acceptors (Lipinski definition) is 3. The van der Waals surface area contributed by atoms with Gasteiger partial charge in [-0.2, -0.15) is 0 Å². The Labute approximate surface area is 153 Å². The average Bonchev–Trinajstić information content (AvgIpc) is 2.68. The molecule has 1 aliphatic rings. The second kappa shape index (κ2) is 8.54. The Morgan fingerprint density at radius 1 is 1.04 bits per heavy atom. The molecule has 0 bridgehead atoms. The van der Waals surface area contributed by atoms with Gasteiger partial charge in [0.1, 0.15) is 0 Å². The van der Waals surface area contributed by atoms with Gasteiger partial charge in [-0.25, -0.2) is 5.48 Å². The van der Waals surface area contributed by atoms with Crippen LogP contribution in [0.3, 0.4) is 0 Å². The summed E-state index contributed by atoms with van der Waals surface area (Å²) in [5.41, 5.74) is 5.57. The van der Waals surface area contributed by atoms with Crippen molar-refractivity contribution in [1.29, 1.82) is 0 Å². The lowest BCUT2D eigenvalue weighted by Crippen LogP contribution is -2.36. The minimum Gasteiger partial charge on any atom is -0.289 e. The van der Waals surface area contributed by atoms with Crippen LogP contribution in [0.4, 0.5) is 0 Å². The molecule has 3 rings (SSSR count). The quantitative estimate of drug-likeness (QED) is 0.571. The van der Waals surface area contributed by atoms with Crippen molar-refractivity contribution in [3.8, 4) is 11.1 Å². The van der Waals surface area contributed by atoms with Gasteiger partial charge in [0.2, 0.25) is 5.91 Å². The lowest BCUT2D eigenvalue weighted by atomic mass is 9.88. The zero-order valence-electron chi connectivity index (χ0n) is 14.5. The number of carbonyl (C=O) groups is 1. The second-order valence-electron chi connectivity index (χ2n) is 6.67. The van der Waals surface area contributed by atoms with Gasteiger partial charge in [0.05, 0.1) is 5.92 Å². The molecular formula is C21H25NO2S. The standard InChI is InChI=1S/C21H25NO2S/c1-15(25-20-10-6-5-9-19(20)21(23)22-24)16-11-13-18(14-12-16)17-7-3-2-4-8-17/h2-4,7-8,11-15,19-20,24H,5-6,9-10H2,1H3,(H,22,23)/t15?,19-,20-/m0/s1. The van der Waals surface area contributed by atoms with Crippen molar-refractivity contribution in [2.75, 3.05) is 0 Å². The van der Waals surface area contributed by atoms with Crippen LogP contribution in [0.1, 0.15) is 43.4 Å². The summed E-state index contributed by atoms with van der Waals surface area (Å²) in [6.45, 7) is 2.20. The van der Waals surface area contributed by atoms with E-state index in [4.69, 9.17) is 5.21 Å². The number of hydrogen-bond donors (Lipinski definition) is 2. The Hall–Kier alpha value is -1.78. The van der Waals surface area contributed by atoms with Crippen molar-refractivity contribution in [2.24, 2.45) is 5.92 Å². The van der Waals surface area contributed by atoms with Crippen molar-refractivity contribution in [2.45, 2.75) is 43.1 Å². The number of nitrogens with one attached hydrogen (secondary N) is 1. The van der Waals surface area contributed by atoms with E-state index in [1.807, 2.05) is 23.3 Å². The van der Waals surface area contributed by atoms with Gasteiger partial charge in [0.25, 0.3) is 0 Å². The third kappa shape index (κ3) is 4.44. The molecule has 0 radical (unpaired) electrons. The van der Waals surface area contributed by atoms with E-state index >= 15 is 0 Å². The van der Waals surface area contributed by atoms with Gasteiger partial charge < -0.3 is 0 Å². The van der Waals surface area contributed by atoms with Gasteiger partial charge in [0, 0.05) is 10.5 Å². The summed E-state index contributed by atoms with van der Waals surface area (Å²) in [5.74, 6) is -0.321. The van der Waals surface area contributed by atoms with Crippen LogP contribution < -0.4 is 5.48 Å². The van der Waals surface area contributed by atoms with Crippen LogP contribution in [0, 0.1) is 5.92 Å². The molecular weight excluding hydrogens is 330 g/mol. The Bertz CT molecular complexity index is 687. The number of benzene rings is 2. The van der Waals surface area contributed by atoms with Crippen molar-refractivity contribution >= 4 is 17.7 Å². The molecule has 0 aromatic heterocycles. The largest absolute Gasteiger partial charge is 0.289 e. The van der Waals surface area contributed by atoms with Crippen LogP contribution >= 0.6 is 11.8 Å². The maximum Gasteiger partial charge on any atom is 0.247 e. The number of hydroxylamine groups is 1. The summed E-state index contributed by atoms with van der Waals surface area (Å²) in [6, 6.07) is 19.1. The van der Waals surface area contributed by atoms with Gasteiger partial charge in [-0.3, -0.25) is 10.0 Å². The number of thioether (sulfide) groups is 1. The average molecular weight is 356 g/mol. The second-order valence-corrected chi connectivity index (χ2v) is 8.26. The highest BCUT2D eigenvalue weighted by Crippen LogP contribution is 2.41. The van der Waals surface area contributed by atoms with Crippen LogP contribution in [0.25, 0.3) is 11.1 Å². The predicted molar refractivity (Wildman–Crippen MR) is 104 cm³/mol.